The van der Waals surface area contributed by atoms with Crippen molar-refractivity contribution in [1.82, 2.24) is 14.6 Å². The van der Waals surface area contributed by atoms with Gasteiger partial charge in [0.1, 0.15) is 17.1 Å². The van der Waals surface area contributed by atoms with Gasteiger partial charge in [0, 0.05) is 17.8 Å². The molecule has 0 spiro atoms. The molecule has 2 heterocycles. The number of benzene rings is 2. The highest BCUT2D eigenvalue weighted by Gasteiger charge is 2.18. The zero-order valence-corrected chi connectivity index (χ0v) is 15.4. The van der Waals surface area contributed by atoms with Crippen molar-refractivity contribution in [3.8, 4) is 22.8 Å². The van der Waals surface area contributed by atoms with Gasteiger partial charge in [-0.15, -0.1) is 0 Å². The van der Waals surface area contributed by atoms with E-state index in [1.807, 2.05) is 36.4 Å². The van der Waals surface area contributed by atoms with Crippen LogP contribution in [0.3, 0.4) is 0 Å². The van der Waals surface area contributed by atoms with Crippen LogP contribution in [-0.4, -0.2) is 34.7 Å². The highest BCUT2D eigenvalue weighted by atomic mass is 16.5. The van der Waals surface area contributed by atoms with Crippen molar-refractivity contribution in [2.24, 2.45) is 0 Å². The number of rotatable bonds is 5. The fourth-order valence-corrected chi connectivity index (χ4v) is 2.97. The van der Waals surface area contributed by atoms with E-state index < -0.39 is 0 Å². The molecule has 140 valence electrons. The summed E-state index contributed by atoms with van der Waals surface area (Å²) in [7, 11) is 3.11. The highest BCUT2D eigenvalue weighted by Crippen LogP contribution is 2.30. The molecule has 0 aliphatic carbocycles. The number of nitrogens with one attached hydrogen (secondary N) is 1. The largest absolute Gasteiger partial charge is 0.497 e. The van der Waals surface area contributed by atoms with Gasteiger partial charge in [-0.05, 0) is 18.2 Å². The summed E-state index contributed by atoms with van der Waals surface area (Å²) in [6, 6.07) is 16.9. The van der Waals surface area contributed by atoms with Crippen LogP contribution in [-0.2, 0) is 0 Å². The molecule has 0 radical (unpaired) electrons. The van der Waals surface area contributed by atoms with E-state index >= 15 is 0 Å². The molecule has 1 amide bonds. The third kappa shape index (κ3) is 3.14. The molecule has 0 aliphatic heterocycles. The second-order valence-electron chi connectivity index (χ2n) is 6.01. The minimum atomic E-state index is -0.323. The van der Waals surface area contributed by atoms with Gasteiger partial charge in [-0.2, -0.15) is 5.10 Å². The number of carbonyl (C=O) groups is 1. The van der Waals surface area contributed by atoms with E-state index in [-0.39, 0.29) is 5.91 Å². The van der Waals surface area contributed by atoms with Crippen LogP contribution in [0.15, 0.2) is 67.0 Å². The monoisotopic (exact) mass is 374 g/mol. The van der Waals surface area contributed by atoms with Crippen LogP contribution in [0.1, 0.15) is 10.4 Å². The molecule has 0 aliphatic rings. The Morgan fingerprint density at radius 1 is 1.04 bits per heavy atom. The number of hydrogen-bond acceptors (Lipinski definition) is 5. The van der Waals surface area contributed by atoms with Gasteiger partial charge in [0.2, 0.25) is 0 Å². The van der Waals surface area contributed by atoms with Crippen molar-refractivity contribution in [3.63, 3.8) is 0 Å². The molecule has 0 saturated heterocycles. The number of methoxy groups -OCH3 is 2. The third-order valence-corrected chi connectivity index (χ3v) is 4.37. The number of nitrogens with zero attached hydrogens (tertiary/aromatic N) is 3. The molecule has 0 bridgehead atoms. The molecule has 0 unspecified atom stereocenters. The van der Waals surface area contributed by atoms with Crippen LogP contribution < -0.4 is 14.8 Å². The molecule has 4 rings (SSSR count). The molecular weight excluding hydrogens is 356 g/mol. The molecule has 1 N–H and O–H groups in total. The fraction of sp³-hybridized carbons (Fsp3) is 0.0952. The number of hydrogen-bond donors (Lipinski definition) is 1. The fourth-order valence-electron chi connectivity index (χ4n) is 2.97. The van der Waals surface area contributed by atoms with Crippen molar-refractivity contribution in [2.75, 3.05) is 19.5 Å². The number of aromatic nitrogens is 3. The Kier molecular flexibility index (Phi) is 4.63. The summed E-state index contributed by atoms with van der Waals surface area (Å²) in [6.07, 6.45) is 3.18. The minimum Gasteiger partial charge on any atom is -0.497 e. The van der Waals surface area contributed by atoms with Crippen molar-refractivity contribution >= 4 is 17.2 Å². The van der Waals surface area contributed by atoms with Gasteiger partial charge in [0.15, 0.2) is 5.65 Å². The van der Waals surface area contributed by atoms with Crippen molar-refractivity contribution in [1.29, 1.82) is 0 Å². The molecule has 4 aromatic rings. The van der Waals surface area contributed by atoms with Gasteiger partial charge >= 0.3 is 0 Å². The Labute approximate surface area is 161 Å². The topological polar surface area (TPSA) is 77.8 Å². The zero-order valence-electron chi connectivity index (χ0n) is 15.4. The van der Waals surface area contributed by atoms with Gasteiger partial charge in [-0.3, -0.25) is 4.79 Å². The summed E-state index contributed by atoms with van der Waals surface area (Å²) in [5, 5.41) is 7.22. The zero-order chi connectivity index (χ0) is 19.5. The Hall–Kier alpha value is -3.87. The number of anilines is 1. The number of fused-ring (bicyclic) bond motifs is 1. The summed E-state index contributed by atoms with van der Waals surface area (Å²) >= 11 is 0. The summed E-state index contributed by atoms with van der Waals surface area (Å²) in [5.74, 6) is 0.818. The first-order valence-electron chi connectivity index (χ1n) is 8.63. The van der Waals surface area contributed by atoms with Crippen LogP contribution in [0, 0.1) is 0 Å². The van der Waals surface area contributed by atoms with E-state index in [0.717, 1.165) is 11.3 Å². The summed E-state index contributed by atoms with van der Waals surface area (Å²) < 4.78 is 12.2. The van der Waals surface area contributed by atoms with E-state index in [4.69, 9.17) is 9.47 Å². The van der Waals surface area contributed by atoms with E-state index in [2.05, 4.69) is 15.4 Å². The maximum Gasteiger partial charge on any atom is 0.261 e. The predicted octanol–water partition coefficient (Wildman–Crippen LogP) is 3.67. The average Bonchev–Trinajstić information content (AvgIpc) is 3.19. The SMILES string of the molecule is COc1ccc(NC(=O)c2cnn3c(-c4ccccc4)ccnc23)c(OC)c1. The molecule has 2 aromatic carbocycles. The smallest absolute Gasteiger partial charge is 0.261 e. The Morgan fingerprint density at radius 3 is 2.61 bits per heavy atom. The predicted molar refractivity (Wildman–Crippen MR) is 106 cm³/mol. The first kappa shape index (κ1) is 17.5. The van der Waals surface area contributed by atoms with Gasteiger partial charge in [-0.1, -0.05) is 30.3 Å². The standard InChI is InChI=1S/C21H18N4O3/c1-27-15-8-9-17(19(12-15)28-2)24-21(26)16-13-23-25-18(10-11-22-20(16)25)14-6-4-3-5-7-14/h3-13H,1-2H3,(H,24,26). The van der Waals surface area contributed by atoms with E-state index in [1.54, 1.807) is 36.0 Å². The summed E-state index contributed by atoms with van der Waals surface area (Å²) in [5.41, 5.74) is 3.22. The first-order chi connectivity index (χ1) is 13.7. The molecular formula is C21H18N4O3. The highest BCUT2D eigenvalue weighted by molar-refractivity contribution is 6.08. The van der Waals surface area contributed by atoms with Crippen LogP contribution in [0.25, 0.3) is 16.9 Å². The lowest BCUT2D eigenvalue weighted by Crippen LogP contribution is -2.13. The lowest BCUT2D eigenvalue weighted by atomic mass is 10.1. The normalized spacial score (nSPS) is 10.6. The van der Waals surface area contributed by atoms with Gasteiger partial charge in [0.05, 0.1) is 31.8 Å². The first-order valence-corrected chi connectivity index (χ1v) is 8.63. The second-order valence-corrected chi connectivity index (χ2v) is 6.01. The molecule has 28 heavy (non-hydrogen) atoms. The maximum atomic E-state index is 12.9. The van der Waals surface area contributed by atoms with Gasteiger partial charge in [-0.25, -0.2) is 9.50 Å². The Balaban J connectivity index is 1.70. The number of ether oxygens (including phenoxy) is 2. The van der Waals surface area contributed by atoms with Gasteiger partial charge in [0.25, 0.3) is 5.91 Å². The van der Waals surface area contributed by atoms with Crippen molar-refractivity contribution in [3.05, 3.63) is 72.6 Å². The molecule has 7 nitrogen and oxygen atoms in total. The van der Waals surface area contributed by atoms with E-state index in [1.165, 1.54) is 13.3 Å². The lowest BCUT2D eigenvalue weighted by molar-refractivity contribution is 0.102. The van der Waals surface area contributed by atoms with Crippen LogP contribution in [0.5, 0.6) is 11.5 Å². The van der Waals surface area contributed by atoms with Crippen LogP contribution in [0.2, 0.25) is 0 Å². The molecule has 0 fully saturated rings. The van der Waals surface area contributed by atoms with Crippen LogP contribution in [0.4, 0.5) is 5.69 Å². The Morgan fingerprint density at radius 2 is 1.86 bits per heavy atom. The number of carbonyl (C=O) groups excluding carboxylic acids is 1. The van der Waals surface area contributed by atoms with Gasteiger partial charge < -0.3 is 14.8 Å². The van der Waals surface area contributed by atoms with Crippen LogP contribution >= 0.6 is 0 Å². The quantitative estimate of drug-likeness (QED) is 0.577. The molecule has 0 atom stereocenters. The molecule has 0 saturated carbocycles. The molecule has 7 heteroatoms. The second kappa shape index (κ2) is 7.40. The minimum absolute atomic E-state index is 0.323. The van der Waals surface area contributed by atoms with Crippen molar-refractivity contribution in [2.45, 2.75) is 0 Å². The van der Waals surface area contributed by atoms with E-state index in [9.17, 15) is 4.79 Å². The average molecular weight is 374 g/mol. The lowest BCUT2D eigenvalue weighted by Gasteiger charge is -2.11. The Bertz CT molecular complexity index is 1140. The van der Waals surface area contributed by atoms with Crippen molar-refractivity contribution < 1.29 is 14.3 Å². The molecule has 2 aromatic heterocycles. The summed E-state index contributed by atoms with van der Waals surface area (Å²) in [6.45, 7) is 0. The third-order valence-electron chi connectivity index (χ3n) is 4.37. The van der Waals surface area contributed by atoms with E-state index in [0.29, 0.717) is 28.4 Å². The number of amides is 1. The maximum absolute atomic E-state index is 12.9. The summed E-state index contributed by atoms with van der Waals surface area (Å²) in [4.78, 5) is 17.2.